The first-order valence-electron chi connectivity index (χ1n) is 12.4. The highest BCUT2D eigenvalue weighted by Gasteiger charge is 2.26. The van der Waals surface area contributed by atoms with Crippen LogP contribution in [0, 0.1) is 0 Å². The van der Waals surface area contributed by atoms with Gasteiger partial charge in [0.15, 0.2) is 5.16 Å². The van der Waals surface area contributed by atoms with Crippen LogP contribution in [0.25, 0.3) is 43.6 Å². The Hall–Kier alpha value is -4.40. The van der Waals surface area contributed by atoms with Crippen LogP contribution in [0.3, 0.4) is 0 Å². The van der Waals surface area contributed by atoms with Crippen molar-refractivity contribution in [3.63, 3.8) is 0 Å². The molecule has 7 rings (SSSR count). The van der Waals surface area contributed by atoms with Crippen molar-refractivity contribution >= 4 is 71.3 Å². The molecule has 0 bridgehead atoms. The number of nitrogens with zero attached hydrogens (tertiary/aromatic N) is 3. The first-order chi connectivity index (χ1) is 19.0. The Morgan fingerprint density at radius 3 is 2.00 bits per heavy atom. The van der Waals surface area contributed by atoms with Gasteiger partial charge in [-0.15, -0.1) is 0 Å². The number of hydrogen-bond donors (Lipinski definition) is 0. The third kappa shape index (κ3) is 3.83. The number of aromatic nitrogens is 3. The summed E-state index contributed by atoms with van der Waals surface area (Å²) in [6, 6.07) is 35.5. The number of rotatable bonds is 5. The molecule has 5 aromatic carbocycles. The molecule has 0 amide bonds. The number of imidazole rings is 1. The second-order valence-corrected chi connectivity index (χ2v) is 11.9. The Labute approximate surface area is 228 Å². The number of carbonyl (C=O) groups excluding carboxylic acids is 1. The Morgan fingerprint density at radius 1 is 0.692 bits per heavy atom. The van der Waals surface area contributed by atoms with Gasteiger partial charge in [-0.25, -0.2) is 17.4 Å². The molecule has 39 heavy (non-hydrogen) atoms. The lowest BCUT2D eigenvalue weighted by Crippen LogP contribution is -2.16. The summed E-state index contributed by atoms with van der Waals surface area (Å²) in [5.41, 5.74) is 2.66. The summed E-state index contributed by atoms with van der Waals surface area (Å²) in [6.07, 6.45) is 0. The quantitative estimate of drug-likeness (QED) is 0.218. The molecule has 0 N–H and O–H groups in total. The molecule has 6 nitrogen and oxygen atoms in total. The van der Waals surface area contributed by atoms with Gasteiger partial charge in [-0.3, -0.25) is 9.36 Å². The van der Waals surface area contributed by atoms with Crippen LogP contribution in [-0.2, 0) is 10.0 Å². The average molecular weight is 548 g/mol. The predicted molar refractivity (Wildman–Crippen MR) is 157 cm³/mol. The van der Waals surface area contributed by atoms with Crippen LogP contribution < -0.4 is 0 Å². The fourth-order valence-corrected chi connectivity index (χ4v) is 7.72. The zero-order valence-corrected chi connectivity index (χ0v) is 22.2. The average Bonchev–Trinajstić information content (AvgIpc) is 3.52. The van der Waals surface area contributed by atoms with Crippen molar-refractivity contribution in [3.05, 3.63) is 115 Å². The van der Waals surface area contributed by atoms with E-state index in [1.165, 1.54) is 3.97 Å². The molecule has 0 aliphatic rings. The maximum Gasteiger partial charge on any atom is 0.270 e. The molecule has 0 unspecified atom stereocenters. The van der Waals surface area contributed by atoms with Crippen molar-refractivity contribution in [2.24, 2.45) is 0 Å². The van der Waals surface area contributed by atoms with Crippen LogP contribution in [-0.4, -0.2) is 33.6 Å². The molecule has 0 spiro atoms. The van der Waals surface area contributed by atoms with Gasteiger partial charge in [-0.2, -0.15) is 0 Å². The van der Waals surface area contributed by atoms with Gasteiger partial charge in [0, 0.05) is 10.8 Å². The molecule has 0 atom stereocenters. The second-order valence-electron chi connectivity index (χ2n) is 9.21. The van der Waals surface area contributed by atoms with Crippen molar-refractivity contribution in [2.75, 3.05) is 5.75 Å². The lowest BCUT2D eigenvalue weighted by Gasteiger charge is -2.11. The Kier molecular flexibility index (Phi) is 5.54. The van der Waals surface area contributed by atoms with Crippen LogP contribution in [0.4, 0.5) is 0 Å². The summed E-state index contributed by atoms with van der Waals surface area (Å²) in [5.74, 6) is -0.140. The molecule has 190 valence electrons. The van der Waals surface area contributed by atoms with Crippen LogP contribution in [0.5, 0.6) is 0 Å². The molecule has 0 aliphatic carbocycles. The van der Waals surface area contributed by atoms with Crippen molar-refractivity contribution in [3.8, 4) is 0 Å². The molecule has 7 aromatic rings. The third-order valence-corrected chi connectivity index (χ3v) is 9.64. The SMILES string of the molecule is O=C(CSc1nc2ccccc2n1S(=O)(=O)c1ccc2ccccc2c1)n1c2ccccc2c2ccccc21. The van der Waals surface area contributed by atoms with Gasteiger partial charge in [0.1, 0.15) is 0 Å². The zero-order valence-electron chi connectivity index (χ0n) is 20.6. The molecule has 2 aromatic heterocycles. The van der Waals surface area contributed by atoms with Crippen molar-refractivity contribution in [1.29, 1.82) is 0 Å². The van der Waals surface area contributed by atoms with Crippen LogP contribution in [0.1, 0.15) is 4.79 Å². The number of fused-ring (bicyclic) bond motifs is 5. The Morgan fingerprint density at radius 2 is 1.28 bits per heavy atom. The van der Waals surface area contributed by atoms with Gasteiger partial charge >= 0.3 is 0 Å². The first-order valence-corrected chi connectivity index (χ1v) is 14.8. The molecule has 8 heteroatoms. The summed E-state index contributed by atoms with van der Waals surface area (Å²) in [6.45, 7) is 0. The van der Waals surface area contributed by atoms with Gasteiger partial charge in [-0.05, 0) is 47.2 Å². The van der Waals surface area contributed by atoms with E-state index in [4.69, 9.17) is 0 Å². The molecule has 0 saturated carbocycles. The fourth-order valence-electron chi connectivity index (χ4n) is 5.12. The third-order valence-electron chi connectivity index (χ3n) is 6.90. The van der Waals surface area contributed by atoms with Crippen molar-refractivity contribution in [1.82, 2.24) is 13.5 Å². The first kappa shape index (κ1) is 23.7. The number of hydrogen-bond acceptors (Lipinski definition) is 5. The normalized spacial score (nSPS) is 12.1. The molecule has 0 fully saturated rings. The van der Waals surface area contributed by atoms with E-state index in [-0.39, 0.29) is 21.7 Å². The fraction of sp³-hybridized carbons (Fsp3) is 0.0323. The maximum atomic E-state index is 14.0. The van der Waals surface area contributed by atoms with E-state index in [1.807, 2.05) is 78.9 Å². The summed E-state index contributed by atoms with van der Waals surface area (Å²) < 4.78 is 31.0. The van der Waals surface area contributed by atoms with Crippen LogP contribution in [0.15, 0.2) is 125 Å². The smallest absolute Gasteiger partial charge is 0.270 e. The topological polar surface area (TPSA) is 74.0 Å². The van der Waals surface area contributed by atoms with Gasteiger partial charge in [0.2, 0.25) is 5.91 Å². The summed E-state index contributed by atoms with van der Waals surface area (Å²) in [5, 5.41) is 4.03. The Balaban J connectivity index is 1.31. The van der Waals surface area contributed by atoms with E-state index in [0.29, 0.717) is 11.0 Å². The maximum absolute atomic E-state index is 14.0. The molecular weight excluding hydrogens is 526 g/mol. The zero-order chi connectivity index (χ0) is 26.6. The number of thioether (sulfide) groups is 1. The summed E-state index contributed by atoms with van der Waals surface area (Å²) in [4.78, 5) is 18.5. The van der Waals surface area contributed by atoms with Crippen molar-refractivity contribution in [2.45, 2.75) is 10.1 Å². The van der Waals surface area contributed by atoms with E-state index in [0.717, 1.165) is 44.3 Å². The molecule has 0 saturated heterocycles. The second kappa shape index (κ2) is 9.11. The van der Waals surface area contributed by atoms with E-state index in [9.17, 15) is 13.2 Å². The largest absolute Gasteiger partial charge is 0.279 e. The minimum Gasteiger partial charge on any atom is -0.279 e. The van der Waals surface area contributed by atoms with Crippen LogP contribution in [0.2, 0.25) is 0 Å². The lowest BCUT2D eigenvalue weighted by atomic mass is 10.1. The summed E-state index contributed by atoms with van der Waals surface area (Å²) >= 11 is 1.12. The standard InChI is InChI=1S/C31H21N3O3S2/c35-30(33-27-14-6-3-11-24(27)25-12-4-7-15-28(25)33)20-38-31-32-26-13-5-8-16-29(26)34(31)39(36,37)23-18-17-21-9-1-2-10-22(21)19-23/h1-19H,20H2. The van der Waals surface area contributed by atoms with Gasteiger partial charge in [0.05, 0.1) is 32.7 Å². The number of para-hydroxylation sites is 4. The highest BCUT2D eigenvalue weighted by Crippen LogP contribution is 2.32. The molecule has 0 aliphatic heterocycles. The molecule has 2 heterocycles. The molecular formula is C31H21N3O3S2. The van der Waals surface area contributed by atoms with E-state index < -0.39 is 10.0 Å². The number of benzene rings is 5. The highest BCUT2D eigenvalue weighted by molar-refractivity contribution is 8.00. The van der Waals surface area contributed by atoms with Gasteiger partial charge in [-0.1, -0.05) is 90.6 Å². The van der Waals surface area contributed by atoms with E-state index in [2.05, 4.69) is 4.98 Å². The van der Waals surface area contributed by atoms with E-state index in [1.54, 1.807) is 41.0 Å². The van der Waals surface area contributed by atoms with Crippen LogP contribution >= 0.6 is 11.8 Å². The number of carbonyl (C=O) groups is 1. The van der Waals surface area contributed by atoms with Gasteiger partial charge < -0.3 is 0 Å². The summed E-state index contributed by atoms with van der Waals surface area (Å²) in [7, 11) is -4.00. The van der Waals surface area contributed by atoms with Crippen molar-refractivity contribution < 1.29 is 13.2 Å². The minimum atomic E-state index is -4.00. The lowest BCUT2D eigenvalue weighted by molar-refractivity contribution is 0.0951. The highest BCUT2D eigenvalue weighted by atomic mass is 32.2. The Bertz CT molecular complexity index is 2130. The predicted octanol–water partition coefficient (Wildman–Crippen LogP) is 6.97. The monoisotopic (exact) mass is 547 g/mol. The van der Waals surface area contributed by atoms with E-state index >= 15 is 0 Å². The minimum absolute atomic E-state index is 0.0131. The van der Waals surface area contributed by atoms with Gasteiger partial charge in [0.25, 0.3) is 10.0 Å². The molecule has 0 radical (unpaired) electrons.